The van der Waals surface area contributed by atoms with Crippen LogP contribution in [0.3, 0.4) is 0 Å². The zero-order valence-corrected chi connectivity index (χ0v) is 20.4. The summed E-state index contributed by atoms with van der Waals surface area (Å²) < 4.78 is 51.8. The number of rotatable bonds is 7. The van der Waals surface area contributed by atoms with E-state index in [2.05, 4.69) is 15.5 Å². The van der Waals surface area contributed by atoms with E-state index < -0.39 is 11.7 Å². The molecule has 7 nitrogen and oxygen atoms in total. The van der Waals surface area contributed by atoms with Crippen molar-refractivity contribution in [3.8, 4) is 17.2 Å². The van der Waals surface area contributed by atoms with Gasteiger partial charge in [-0.15, -0.1) is 10.2 Å². The summed E-state index contributed by atoms with van der Waals surface area (Å²) in [5.74, 6) is 2.11. The van der Waals surface area contributed by atoms with Crippen LogP contribution in [0.1, 0.15) is 32.9 Å². The van der Waals surface area contributed by atoms with E-state index in [0.717, 1.165) is 23.3 Å². The number of ether oxygens (including phenoxy) is 2. The predicted molar refractivity (Wildman–Crippen MR) is 131 cm³/mol. The highest BCUT2D eigenvalue weighted by Crippen LogP contribution is 2.33. The minimum absolute atomic E-state index is 0.193. The van der Waals surface area contributed by atoms with Gasteiger partial charge in [-0.25, -0.2) is 0 Å². The second kappa shape index (κ2) is 10.2. The highest BCUT2D eigenvalue weighted by atomic mass is 32.2. The molecular formula is C26H21F3N4O3S. The quantitative estimate of drug-likeness (QED) is 0.319. The Morgan fingerprint density at radius 3 is 2.54 bits per heavy atom. The summed E-state index contributed by atoms with van der Waals surface area (Å²) in [4.78, 5) is 12.6. The van der Waals surface area contributed by atoms with Gasteiger partial charge in [0.15, 0.2) is 16.7 Å². The molecule has 2 heterocycles. The summed E-state index contributed by atoms with van der Waals surface area (Å²) in [7, 11) is 0. The van der Waals surface area contributed by atoms with Crippen molar-refractivity contribution in [2.24, 2.45) is 0 Å². The number of carbonyl (C=O) groups excluding carboxylic acids is 1. The molecular weight excluding hydrogens is 505 g/mol. The molecule has 0 spiro atoms. The number of hydrogen-bond acceptors (Lipinski definition) is 6. The van der Waals surface area contributed by atoms with Gasteiger partial charge in [0.25, 0.3) is 5.91 Å². The minimum Gasteiger partial charge on any atom is -0.454 e. The van der Waals surface area contributed by atoms with Crippen LogP contribution in [0.25, 0.3) is 5.69 Å². The van der Waals surface area contributed by atoms with Gasteiger partial charge >= 0.3 is 6.18 Å². The van der Waals surface area contributed by atoms with Gasteiger partial charge in [0.1, 0.15) is 5.82 Å². The highest BCUT2D eigenvalue weighted by molar-refractivity contribution is 7.98. The fourth-order valence-electron chi connectivity index (χ4n) is 3.79. The molecule has 0 saturated heterocycles. The summed E-state index contributed by atoms with van der Waals surface area (Å²) >= 11 is 1.35. The van der Waals surface area contributed by atoms with Crippen molar-refractivity contribution in [2.75, 3.05) is 6.79 Å². The Bertz CT molecular complexity index is 1440. The fourth-order valence-corrected chi connectivity index (χ4v) is 4.74. The van der Waals surface area contributed by atoms with E-state index in [1.807, 2.05) is 30.3 Å². The first-order valence-electron chi connectivity index (χ1n) is 11.3. The normalized spacial score (nSPS) is 12.5. The third kappa shape index (κ3) is 5.56. The van der Waals surface area contributed by atoms with Crippen molar-refractivity contribution in [3.63, 3.8) is 0 Å². The molecule has 190 valence electrons. The molecule has 0 atom stereocenters. The molecule has 0 fully saturated rings. The molecule has 0 saturated carbocycles. The van der Waals surface area contributed by atoms with E-state index in [4.69, 9.17) is 9.47 Å². The second-order valence-corrected chi connectivity index (χ2v) is 9.21. The summed E-state index contributed by atoms with van der Waals surface area (Å²) in [6.07, 6.45) is -4.44. The average Bonchev–Trinajstić information content (AvgIpc) is 3.51. The van der Waals surface area contributed by atoms with Crippen molar-refractivity contribution in [2.45, 2.75) is 30.6 Å². The summed E-state index contributed by atoms with van der Waals surface area (Å²) in [5, 5.41) is 11.5. The highest BCUT2D eigenvalue weighted by Gasteiger charge is 2.31. The number of aryl methyl sites for hydroxylation is 1. The molecule has 1 N–H and O–H groups in total. The van der Waals surface area contributed by atoms with E-state index in [9.17, 15) is 18.0 Å². The predicted octanol–water partition coefficient (Wildman–Crippen LogP) is 5.55. The number of aromatic nitrogens is 3. The number of halogens is 3. The smallest absolute Gasteiger partial charge is 0.416 e. The molecule has 0 radical (unpaired) electrons. The first kappa shape index (κ1) is 24.7. The number of thioether (sulfide) groups is 1. The van der Waals surface area contributed by atoms with Crippen LogP contribution in [-0.4, -0.2) is 27.5 Å². The molecule has 5 rings (SSSR count). The van der Waals surface area contributed by atoms with Crippen LogP contribution < -0.4 is 14.8 Å². The third-order valence-electron chi connectivity index (χ3n) is 5.70. The van der Waals surface area contributed by atoms with E-state index in [1.54, 1.807) is 29.7 Å². The van der Waals surface area contributed by atoms with Crippen molar-refractivity contribution < 1.29 is 27.4 Å². The number of nitrogens with zero attached hydrogens (tertiary/aromatic N) is 3. The Morgan fingerprint density at radius 2 is 1.76 bits per heavy atom. The van der Waals surface area contributed by atoms with Crippen LogP contribution in [0, 0.1) is 6.92 Å². The monoisotopic (exact) mass is 526 g/mol. The topological polar surface area (TPSA) is 78.3 Å². The Hall–Kier alpha value is -3.99. The second-order valence-electron chi connectivity index (χ2n) is 8.27. The van der Waals surface area contributed by atoms with E-state index >= 15 is 0 Å². The lowest BCUT2D eigenvalue weighted by Gasteiger charge is -2.12. The van der Waals surface area contributed by atoms with Crippen LogP contribution in [0.4, 0.5) is 13.2 Å². The lowest BCUT2D eigenvalue weighted by atomic mass is 10.1. The Balaban J connectivity index is 1.21. The van der Waals surface area contributed by atoms with Gasteiger partial charge in [0.2, 0.25) is 6.79 Å². The maximum atomic E-state index is 13.2. The van der Waals surface area contributed by atoms with Crippen molar-refractivity contribution in [1.29, 1.82) is 0 Å². The lowest BCUT2D eigenvalue weighted by Crippen LogP contribution is -2.22. The van der Waals surface area contributed by atoms with Gasteiger partial charge in [-0.05, 0) is 60.5 Å². The molecule has 3 aromatic carbocycles. The zero-order valence-electron chi connectivity index (χ0n) is 19.6. The zero-order chi connectivity index (χ0) is 26.0. The number of nitrogens with one attached hydrogen (secondary N) is 1. The number of hydrogen-bond donors (Lipinski definition) is 1. The molecule has 1 aliphatic rings. The third-order valence-corrected chi connectivity index (χ3v) is 6.70. The number of benzene rings is 3. The Morgan fingerprint density at radius 1 is 1.00 bits per heavy atom. The number of amides is 1. The fraction of sp³-hybridized carbons (Fsp3) is 0.192. The van der Waals surface area contributed by atoms with Gasteiger partial charge in [-0.2, -0.15) is 13.2 Å². The number of carbonyl (C=O) groups is 1. The lowest BCUT2D eigenvalue weighted by molar-refractivity contribution is -0.137. The molecule has 0 bridgehead atoms. The minimum atomic E-state index is -4.44. The van der Waals surface area contributed by atoms with Gasteiger partial charge in [-0.1, -0.05) is 36.0 Å². The van der Waals surface area contributed by atoms with Crippen molar-refractivity contribution in [1.82, 2.24) is 20.1 Å². The molecule has 4 aromatic rings. The van der Waals surface area contributed by atoms with Crippen LogP contribution in [-0.2, 0) is 18.5 Å². The SMILES string of the molecule is Cc1nnc(SCc2ccc(C(=O)NCc3ccc4c(c3)OCO4)cc2)n1-c1cccc(C(F)(F)F)c1. The van der Waals surface area contributed by atoms with Crippen LogP contribution >= 0.6 is 11.8 Å². The molecule has 11 heteroatoms. The van der Waals surface area contributed by atoms with Crippen molar-refractivity contribution in [3.05, 3.63) is 94.8 Å². The maximum Gasteiger partial charge on any atom is 0.416 e. The molecule has 1 aromatic heterocycles. The largest absolute Gasteiger partial charge is 0.454 e. The van der Waals surface area contributed by atoms with Crippen molar-refractivity contribution >= 4 is 17.7 Å². The first-order valence-corrected chi connectivity index (χ1v) is 12.2. The Labute approximate surface area is 214 Å². The van der Waals surface area contributed by atoms with Crippen LogP contribution in [0.15, 0.2) is 71.9 Å². The standard InChI is InChI=1S/C26H21F3N4O3S/c1-16-31-32-25(33(16)21-4-2-3-20(12-21)26(27,28)29)37-14-17-5-8-19(9-6-17)24(34)30-13-18-7-10-22-23(11-18)36-15-35-22/h2-12H,13-15H2,1H3,(H,30,34). The number of fused-ring (bicyclic) bond motifs is 1. The summed E-state index contributed by atoms with van der Waals surface area (Å²) in [5.41, 5.74) is 1.94. The maximum absolute atomic E-state index is 13.2. The average molecular weight is 527 g/mol. The molecule has 0 unspecified atom stereocenters. The van der Waals surface area contributed by atoms with E-state index in [-0.39, 0.29) is 12.7 Å². The summed E-state index contributed by atoms with van der Waals surface area (Å²) in [6.45, 7) is 2.23. The van der Waals surface area contributed by atoms with Crippen LogP contribution in [0.5, 0.6) is 11.5 Å². The molecule has 1 aliphatic heterocycles. The van der Waals surface area contributed by atoms with E-state index in [1.165, 1.54) is 17.8 Å². The number of alkyl halides is 3. The molecule has 37 heavy (non-hydrogen) atoms. The van der Waals surface area contributed by atoms with Gasteiger partial charge in [0, 0.05) is 23.5 Å². The first-order chi connectivity index (χ1) is 17.8. The molecule has 1 amide bonds. The van der Waals surface area contributed by atoms with Gasteiger partial charge in [-0.3, -0.25) is 9.36 Å². The van der Waals surface area contributed by atoms with Gasteiger partial charge in [0.05, 0.1) is 5.56 Å². The Kier molecular flexibility index (Phi) is 6.79. The summed E-state index contributed by atoms with van der Waals surface area (Å²) in [6, 6.07) is 17.7. The van der Waals surface area contributed by atoms with Gasteiger partial charge < -0.3 is 14.8 Å². The van der Waals surface area contributed by atoms with E-state index in [0.29, 0.717) is 46.0 Å². The van der Waals surface area contributed by atoms with Crippen LogP contribution in [0.2, 0.25) is 0 Å². The molecule has 0 aliphatic carbocycles.